The third-order valence-corrected chi connectivity index (χ3v) is 3.66. The Labute approximate surface area is 138 Å². The molecule has 7 heteroatoms. The molecule has 120 valence electrons. The minimum atomic E-state index is -0.525. The molecule has 0 aliphatic carbocycles. The van der Waals surface area contributed by atoms with Crippen molar-refractivity contribution in [2.45, 2.75) is 13.0 Å². The minimum Gasteiger partial charge on any atom is -0.383 e. The van der Waals surface area contributed by atoms with Gasteiger partial charge in [-0.15, -0.1) is 0 Å². The summed E-state index contributed by atoms with van der Waals surface area (Å²) in [7, 11) is 1.59. The maximum Gasteiger partial charge on any atom is 0.293 e. The summed E-state index contributed by atoms with van der Waals surface area (Å²) in [4.78, 5) is 22.8. The Morgan fingerprint density at radius 3 is 2.61 bits per heavy atom. The van der Waals surface area contributed by atoms with E-state index in [1.807, 2.05) is 13.0 Å². The second-order valence-corrected chi connectivity index (χ2v) is 5.43. The molecule has 0 spiro atoms. The van der Waals surface area contributed by atoms with E-state index in [9.17, 15) is 14.9 Å². The van der Waals surface area contributed by atoms with Gasteiger partial charge >= 0.3 is 0 Å². The van der Waals surface area contributed by atoms with Crippen LogP contribution in [0.1, 0.15) is 28.9 Å². The van der Waals surface area contributed by atoms with Gasteiger partial charge in [0.2, 0.25) is 0 Å². The lowest BCUT2D eigenvalue weighted by atomic mass is 10.1. The average Bonchev–Trinajstić information content (AvgIpc) is 2.54. The van der Waals surface area contributed by atoms with Gasteiger partial charge in [0.15, 0.2) is 0 Å². The number of nitrogens with zero attached hydrogens (tertiary/aromatic N) is 1. The summed E-state index contributed by atoms with van der Waals surface area (Å²) in [5, 5.41) is 17.2. The number of nitro groups is 1. The van der Waals surface area contributed by atoms with Crippen LogP contribution in [0.25, 0.3) is 0 Å². The summed E-state index contributed by atoms with van der Waals surface area (Å²) in [5.41, 5.74) is 1.29. The number of hydrogen-bond donors (Lipinski definition) is 2. The number of hydrogen-bond acceptors (Lipinski definition) is 4. The summed E-state index contributed by atoms with van der Waals surface area (Å²) in [6, 6.07) is 11.2. The number of anilines is 1. The zero-order chi connectivity index (χ0) is 17.0. The van der Waals surface area contributed by atoms with E-state index < -0.39 is 4.92 Å². The second-order valence-electron chi connectivity index (χ2n) is 4.99. The zero-order valence-electron chi connectivity index (χ0n) is 12.7. The molecule has 2 aromatic rings. The van der Waals surface area contributed by atoms with Crippen LogP contribution in [0.5, 0.6) is 0 Å². The number of halogens is 1. The summed E-state index contributed by atoms with van der Waals surface area (Å²) >= 11 is 5.94. The molecule has 0 heterocycles. The molecule has 2 aromatic carbocycles. The van der Waals surface area contributed by atoms with Crippen LogP contribution in [0.2, 0.25) is 5.02 Å². The summed E-state index contributed by atoms with van der Waals surface area (Å²) < 4.78 is 0. The number of rotatable bonds is 5. The van der Waals surface area contributed by atoms with E-state index in [4.69, 9.17) is 11.6 Å². The van der Waals surface area contributed by atoms with Gasteiger partial charge in [0.25, 0.3) is 11.6 Å². The fourth-order valence-electron chi connectivity index (χ4n) is 2.17. The van der Waals surface area contributed by atoms with Gasteiger partial charge in [-0.1, -0.05) is 23.7 Å². The van der Waals surface area contributed by atoms with Crippen molar-refractivity contribution < 1.29 is 9.72 Å². The SMILES string of the molecule is CNc1ccc(C(=O)NC(C)c2cccc(Cl)c2)cc1[N+](=O)[O-]. The molecule has 0 bridgehead atoms. The van der Waals surface area contributed by atoms with E-state index in [2.05, 4.69) is 10.6 Å². The van der Waals surface area contributed by atoms with E-state index in [0.29, 0.717) is 10.7 Å². The van der Waals surface area contributed by atoms with Crippen molar-refractivity contribution >= 4 is 28.9 Å². The highest BCUT2D eigenvalue weighted by Gasteiger charge is 2.18. The second kappa shape index (κ2) is 7.11. The smallest absolute Gasteiger partial charge is 0.293 e. The van der Waals surface area contributed by atoms with Crippen molar-refractivity contribution in [3.8, 4) is 0 Å². The van der Waals surface area contributed by atoms with Crippen molar-refractivity contribution in [2.24, 2.45) is 0 Å². The highest BCUT2D eigenvalue weighted by Crippen LogP contribution is 2.25. The monoisotopic (exact) mass is 333 g/mol. The van der Waals surface area contributed by atoms with Crippen LogP contribution in [0.15, 0.2) is 42.5 Å². The Bertz CT molecular complexity index is 749. The minimum absolute atomic E-state index is 0.143. The molecule has 0 aliphatic heterocycles. The van der Waals surface area contributed by atoms with Crippen LogP contribution in [0.3, 0.4) is 0 Å². The molecule has 0 aromatic heterocycles. The molecule has 0 fully saturated rings. The lowest BCUT2D eigenvalue weighted by Crippen LogP contribution is -2.26. The fraction of sp³-hybridized carbons (Fsp3) is 0.188. The summed E-state index contributed by atoms with van der Waals surface area (Å²) in [6.45, 7) is 1.82. The van der Waals surface area contributed by atoms with Crippen LogP contribution in [0, 0.1) is 10.1 Å². The Morgan fingerprint density at radius 2 is 2.00 bits per heavy atom. The molecular formula is C16H16ClN3O3. The third kappa shape index (κ3) is 3.98. The molecule has 1 unspecified atom stereocenters. The molecule has 1 amide bonds. The lowest BCUT2D eigenvalue weighted by molar-refractivity contribution is -0.384. The van der Waals surface area contributed by atoms with Gasteiger partial charge in [-0.25, -0.2) is 0 Å². The third-order valence-electron chi connectivity index (χ3n) is 3.42. The molecule has 1 atom stereocenters. The van der Waals surface area contributed by atoms with Crippen LogP contribution < -0.4 is 10.6 Å². The Kier molecular flexibility index (Phi) is 5.18. The quantitative estimate of drug-likeness (QED) is 0.644. The predicted molar refractivity (Wildman–Crippen MR) is 90.0 cm³/mol. The van der Waals surface area contributed by atoms with E-state index in [1.165, 1.54) is 12.1 Å². The largest absolute Gasteiger partial charge is 0.383 e. The van der Waals surface area contributed by atoms with Crippen LogP contribution in [-0.4, -0.2) is 17.9 Å². The number of nitrogens with one attached hydrogen (secondary N) is 2. The number of benzene rings is 2. The van der Waals surface area contributed by atoms with Gasteiger partial charge in [-0.3, -0.25) is 14.9 Å². The van der Waals surface area contributed by atoms with E-state index in [1.54, 1.807) is 31.3 Å². The maximum atomic E-state index is 12.3. The van der Waals surface area contributed by atoms with E-state index in [-0.39, 0.29) is 23.2 Å². The number of amides is 1. The molecule has 23 heavy (non-hydrogen) atoms. The molecule has 2 N–H and O–H groups in total. The zero-order valence-corrected chi connectivity index (χ0v) is 13.4. The average molecular weight is 334 g/mol. The summed E-state index contributed by atoms with van der Waals surface area (Å²) in [5.74, 6) is -0.386. The molecule has 6 nitrogen and oxygen atoms in total. The first-order valence-electron chi connectivity index (χ1n) is 6.95. The van der Waals surface area contributed by atoms with Gasteiger partial charge in [-0.05, 0) is 36.8 Å². The topological polar surface area (TPSA) is 84.3 Å². The first kappa shape index (κ1) is 16.8. The maximum absolute atomic E-state index is 12.3. The molecule has 0 radical (unpaired) electrons. The Morgan fingerprint density at radius 1 is 1.26 bits per heavy atom. The van der Waals surface area contributed by atoms with Crippen molar-refractivity contribution in [1.82, 2.24) is 5.32 Å². The van der Waals surface area contributed by atoms with Crippen LogP contribution in [-0.2, 0) is 0 Å². The fourth-order valence-corrected chi connectivity index (χ4v) is 2.37. The van der Waals surface area contributed by atoms with Gasteiger partial charge in [0.1, 0.15) is 5.69 Å². The number of nitro benzene ring substituents is 1. The first-order chi connectivity index (χ1) is 10.9. The molecule has 0 saturated carbocycles. The first-order valence-corrected chi connectivity index (χ1v) is 7.32. The lowest BCUT2D eigenvalue weighted by Gasteiger charge is -2.15. The van der Waals surface area contributed by atoms with Gasteiger partial charge in [-0.2, -0.15) is 0 Å². The predicted octanol–water partition coefficient (Wildman–Crippen LogP) is 3.78. The molecular weight excluding hydrogens is 318 g/mol. The van der Waals surface area contributed by atoms with Gasteiger partial charge in [0.05, 0.1) is 11.0 Å². The number of carbonyl (C=O) groups excluding carboxylic acids is 1. The van der Waals surface area contributed by atoms with E-state index in [0.717, 1.165) is 5.56 Å². The van der Waals surface area contributed by atoms with Crippen LogP contribution >= 0.6 is 11.6 Å². The van der Waals surface area contributed by atoms with Crippen molar-refractivity contribution in [3.63, 3.8) is 0 Å². The highest BCUT2D eigenvalue weighted by molar-refractivity contribution is 6.30. The van der Waals surface area contributed by atoms with Crippen LogP contribution in [0.4, 0.5) is 11.4 Å². The standard InChI is InChI=1S/C16H16ClN3O3/c1-10(11-4-3-5-13(17)8-11)19-16(21)12-6-7-14(18-2)15(9-12)20(22)23/h3-10,18H,1-2H3,(H,19,21). The van der Waals surface area contributed by atoms with Crippen molar-refractivity contribution in [1.29, 1.82) is 0 Å². The summed E-state index contributed by atoms with van der Waals surface area (Å²) in [6.07, 6.45) is 0. The normalized spacial score (nSPS) is 11.6. The molecule has 2 rings (SSSR count). The molecule has 0 aliphatic rings. The van der Waals surface area contributed by atoms with Gasteiger partial charge in [0, 0.05) is 23.7 Å². The van der Waals surface area contributed by atoms with Gasteiger partial charge < -0.3 is 10.6 Å². The van der Waals surface area contributed by atoms with Crippen molar-refractivity contribution in [3.05, 3.63) is 68.7 Å². The Balaban J connectivity index is 2.20. The molecule has 0 saturated heterocycles. The van der Waals surface area contributed by atoms with Crippen molar-refractivity contribution in [2.75, 3.05) is 12.4 Å². The highest BCUT2D eigenvalue weighted by atomic mass is 35.5. The number of carbonyl (C=O) groups is 1. The Hall–Kier alpha value is -2.60. The van der Waals surface area contributed by atoms with E-state index >= 15 is 0 Å².